The van der Waals surface area contributed by atoms with Crippen molar-refractivity contribution < 1.29 is 4.74 Å². The predicted octanol–water partition coefficient (Wildman–Crippen LogP) is 2.30. The number of likely N-dealkylation sites (N-methyl/N-ethyl adjacent to an activating group) is 1. The predicted molar refractivity (Wildman–Crippen MR) is 81.6 cm³/mol. The Hall–Kier alpha value is -0.910. The molecule has 1 fully saturated rings. The molecule has 1 aromatic rings. The Morgan fingerprint density at radius 3 is 2.85 bits per heavy atom. The van der Waals surface area contributed by atoms with Crippen molar-refractivity contribution in [1.29, 1.82) is 0 Å². The summed E-state index contributed by atoms with van der Waals surface area (Å²) in [7, 11) is 2.11. The molecule has 1 aliphatic heterocycles. The summed E-state index contributed by atoms with van der Waals surface area (Å²) in [6, 6.07) is 0. The van der Waals surface area contributed by atoms with Gasteiger partial charge in [-0.05, 0) is 14.0 Å². The lowest BCUT2D eigenvalue weighted by molar-refractivity contribution is -0.0117. The van der Waals surface area contributed by atoms with E-state index in [0.29, 0.717) is 5.15 Å². The van der Waals surface area contributed by atoms with Crippen molar-refractivity contribution in [2.45, 2.75) is 32.8 Å². The van der Waals surface area contributed by atoms with Gasteiger partial charge < -0.3 is 15.0 Å². The summed E-state index contributed by atoms with van der Waals surface area (Å²) < 4.78 is 5.74. The minimum absolute atomic E-state index is 0.185. The molecule has 1 atom stereocenters. The SMILES string of the molecule is Cc1c(Cl)nc(C(C)C)nc1NCC1CN(C)CCO1. The van der Waals surface area contributed by atoms with Gasteiger partial charge in [0.2, 0.25) is 0 Å². The van der Waals surface area contributed by atoms with Gasteiger partial charge >= 0.3 is 0 Å². The molecule has 20 heavy (non-hydrogen) atoms. The summed E-state index contributed by atoms with van der Waals surface area (Å²) in [5.41, 5.74) is 0.889. The summed E-state index contributed by atoms with van der Waals surface area (Å²) in [4.78, 5) is 11.1. The van der Waals surface area contributed by atoms with E-state index >= 15 is 0 Å². The fraction of sp³-hybridized carbons (Fsp3) is 0.714. The van der Waals surface area contributed by atoms with Gasteiger partial charge in [0.05, 0.1) is 12.7 Å². The normalized spacial score (nSPS) is 20.4. The Bertz CT molecular complexity index is 467. The fourth-order valence-corrected chi connectivity index (χ4v) is 2.31. The lowest BCUT2D eigenvalue weighted by atomic mass is 10.2. The molecule has 0 spiro atoms. The molecule has 0 radical (unpaired) electrons. The maximum absolute atomic E-state index is 6.18. The maximum Gasteiger partial charge on any atom is 0.137 e. The lowest BCUT2D eigenvalue weighted by Gasteiger charge is -2.30. The van der Waals surface area contributed by atoms with E-state index in [2.05, 4.69) is 41.1 Å². The average molecular weight is 299 g/mol. The van der Waals surface area contributed by atoms with Crippen LogP contribution in [0.25, 0.3) is 0 Å². The number of nitrogens with zero attached hydrogens (tertiary/aromatic N) is 3. The first kappa shape index (κ1) is 15.5. The van der Waals surface area contributed by atoms with Crippen molar-refractivity contribution in [2.24, 2.45) is 0 Å². The van der Waals surface area contributed by atoms with E-state index in [1.54, 1.807) is 0 Å². The van der Waals surface area contributed by atoms with Crippen LogP contribution in [0.3, 0.4) is 0 Å². The first-order valence-electron chi connectivity index (χ1n) is 7.05. The van der Waals surface area contributed by atoms with Gasteiger partial charge in [-0.25, -0.2) is 9.97 Å². The molecule has 0 aromatic carbocycles. The zero-order valence-electron chi connectivity index (χ0n) is 12.6. The Morgan fingerprint density at radius 2 is 2.20 bits per heavy atom. The van der Waals surface area contributed by atoms with Crippen molar-refractivity contribution in [3.63, 3.8) is 0 Å². The molecule has 0 amide bonds. The van der Waals surface area contributed by atoms with Crippen LogP contribution in [0.5, 0.6) is 0 Å². The Labute approximate surface area is 125 Å². The van der Waals surface area contributed by atoms with Gasteiger partial charge in [0, 0.05) is 31.1 Å². The zero-order valence-corrected chi connectivity index (χ0v) is 13.4. The van der Waals surface area contributed by atoms with Crippen LogP contribution >= 0.6 is 11.6 Å². The highest BCUT2D eigenvalue weighted by atomic mass is 35.5. The number of hydrogen-bond donors (Lipinski definition) is 1. The topological polar surface area (TPSA) is 50.3 Å². The minimum Gasteiger partial charge on any atom is -0.374 e. The van der Waals surface area contributed by atoms with E-state index in [1.165, 1.54) is 0 Å². The van der Waals surface area contributed by atoms with Gasteiger partial charge in [0.1, 0.15) is 16.8 Å². The van der Waals surface area contributed by atoms with E-state index in [9.17, 15) is 0 Å². The summed E-state index contributed by atoms with van der Waals surface area (Å²) >= 11 is 6.18. The van der Waals surface area contributed by atoms with Crippen LogP contribution in [0, 0.1) is 6.92 Å². The van der Waals surface area contributed by atoms with Crippen LogP contribution in [-0.2, 0) is 4.74 Å². The number of morpholine rings is 1. The molecule has 1 aromatic heterocycles. The molecule has 5 nitrogen and oxygen atoms in total. The van der Waals surface area contributed by atoms with Gasteiger partial charge in [-0.2, -0.15) is 0 Å². The zero-order chi connectivity index (χ0) is 14.7. The van der Waals surface area contributed by atoms with Crippen molar-refractivity contribution in [1.82, 2.24) is 14.9 Å². The summed E-state index contributed by atoms with van der Waals surface area (Å²) in [6.45, 7) is 9.49. The molecule has 2 heterocycles. The Kier molecular flexibility index (Phi) is 5.18. The van der Waals surface area contributed by atoms with Crippen LogP contribution in [0.2, 0.25) is 5.15 Å². The largest absolute Gasteiger partial charge is 0.374 e. The highest BCUT2D eigenvalue weighted by molar-refractivity contribution is 6.30. The van der Waals surface area contributed by atoms with E-state index in [1.807, 2.05) is 6.92 Å². The molecule has 0 aliphatic carbocycles. The van der Waals surface area contributed by atoms with Gasteiger partial charge in [0.25, 0.3) is 0 Å². The number of nitrogens with one attached hydrogen (secondary N) is 1. The highest BCUT2D eigenvalue weighted by Crippen LogP contribution is 2.23. The second-order valence-corrected chi connectivity index (χ2v) is 5.99. The van der Waals surface area contributed by atoms with Crippen molar-refractivity contribution in [2.75, 3.05) is 38.6 Å². The summed E-state index contributed by atoms with van der Waals surface area (Å²) in [5, 5.41) is 3.87. The molecule has 1 aliphatic rings. The second kappa shape index (κ2) is 6.70. The molecule has 2 rings (SSSR count). The summed E-state index contributed by atoms with van der Waals surface area (Å²) in [5.74, 6) is 1.83. The quantitative estimate of drug-likeness (QED) is 0.865. The number of rotatable bonds is 4. The first-order chi connectivity index (χ1) is 9.47. The smallest absolute Gasteiger partial charge is 0.137 e. The third-order valence-corrected chi connectivity index (χ3v) is 3.83. The number of ether oxygens (including phenoxy) is 1. The lowest BCUT2D eigenvalue weighted by Crippen LogP contribution is -2.43. The standard InChI is InChI=1S/C14H23ClN4O/c1-9(2)13-17-12(15)10(3)14(18-13)16-7-11-8-19(4)5-6-20-11/h9,11H,5-8H2,1-4H3,(H,16,17,18). The summed E-state index contributed by atoms with van der Waals surface area (Å²) in [6.07, 6.45) is 0.185. The third-order valence-electron chi connectivity index (χ3n) is 3.46. The molecule has 1 saturated heterocycles. The number of hydrogen-bond acceptors (Lipinski definition) is 5. The van der Waals surface area contributed by atoms with Crippen LogP contribution in [-0.4, -0.2) is 54.3 Å². The first-order valence-corrected chi connectivity index (χ1v) is 7.43. The number of aromatic nitrogens is 2. The van der Waals surface area contributed by atoms with Crippen molar-refractivity contribution in [3.05, 3.63) is 16.5 Å². The van der Waals surface area contributed by atoms with Crippen LogP contribution in [0.4, 0.5) is 5.82 Å². The minimum atomic E-state index is 0.185. The highest BCUT2D eigenvalue weighted by Gasteiger charge is 2.18. The van der Waals surface area contributed by atoms with Crippen molar-refractivity contribution >= 4 is 17.4 Å². The van der Waals surface area contributed by atoms with Gasteiger partial charge in [-0.15, -0.1) is 0 Å². The molecule has 112 valence electrons. The van der Waals surface area contributed by atoms with Gasteiger partial charge in [-0.1, -0.05) is 25.4 Å². The average Bonchev–Trinajstić information content (AvgIpc) is 2.40. The van der Waals surface area contributed by atoms with E-state index in [4.69, 9.17) is 16.3 Å². The van der Waals surface area contributed by atoms with Gasteiger partial charge in [0.15, 0.2) is 0 Å². The van der Waals surface area contributed by atoms with E-state index in [0.717, 1.165) is 43.4 Å². The number of anilines is 1. The molecule has 6 heteroatoms. The van der Waals surface area contributed by atoms with Crippen LogP contribution < -0.4 is 5.32 Å². The second-order valence-electron chi connectivity index (χ2n) is 5.64. The van der Waals surface area contributed by atoms with Crippen molar-refractivity contribution in [3.8, 4) is 0 Å². The molecule has 0 saturated carbocycles. The number of halogens is 1. The molecule has 1 unspecified atom stereocenters. The Balaban J connectivity index is 2.04. The van der Waals surface area contributed by atoms with E-state index < -0.39 is 0 Å². The monoisotopic (exact) mass is 298 g/mol. The molecular formula is C14H23ClN4O. The van der Waals surface area contributed by atoms with E-state index in [-0.39, 0.29) is 12.0 Å². The third kappa shape index (κ3) is 3.81. The Morgan fingerprint density at radius 1 is 1.45 bits per heavy atom. The molecule has 1 N–H and O–H groups in total. The fourth-order valence-electron chi connectivity index (χ4n) is 2.14. The van der Waals surface area contributed by atoms with Crippen LogP contribution in [0.1, 0.15) is 31.2 Å². The van der Waals surface area contributed by atoms with Gasteiger partial charge in [-0.3, -0.25) is 0 Å². The molecule has 0 bridgehead atoms. The van der Waals surface area contributed by atoms with Crippen LogP contribution in [0.15, 0.2) is 0 Å². The molecular weight excluding hydrogens is 276 g/mol. The maximum atomic E-state index is 6.18.